The largest absolute Gasteiger partial charge is 0.460 e. The van der Waals surface area contributed by atoms with E-state index in [1.54, 1.807) is 13.8 Å². The number of carbonyl (C=O) groups is 4. The molecule has 2 aliphatic rings. The molecule has 1 aromatic heterocycles. The van der Waals surface area contributed by atoms with Crippen molar-refractivity contribution in [1.29, 1.82) is 0 Å². The number of oxime groups is 1. The maximum Gasteiger partial charge on any atom is 0.325 e. The number of aromatic nitrogens is 1. The number of amides is 2. The summed E-state index contributed by atoms with van der Waals surface area (Å²) in [6, 6.07) is 8.21. The second-order valence-electron chi connectivity index (χ2n) is 14.0. The number of hydrogen-bond donors (Lipinski definition) is 2. The number of benzene rings is 1. The Morgan fingerprint density at radius 1 is 1.10 bits per heavy atom. The highest BCUT2D eigenvalue weighted by Gasteiger charge is 2.43. The average molecular weight is 781 g/mol. The summed E-state index contributed by atoms with van der Waals surface area (Å²) in [5.74, 6) is -2.43. The maximum absolute atomic E-state index is 14.1. The van der Waals surface area contributed by atoms with Crippen LogP contribution in [0, 0.1) is 11.3 Å². The summed E-state index contributed by atoms with van der Waals surface area (Å²) in [7, 11) is 1.49. The number of hydrogen-bond acceptors (Lipinski definition) is 10. The van der Waals surface area contributed by atoms with Gasteiger partial charge in [0.25, 0.3) is 11.8 Å². The van der Waals surface area contributed by atoms with Gasteiger partial charge < -0.3 is 19.6 Å². The molecule has 1 aromatic carbocycles. The van der Waals surface area contributed by atoms with Gasteiger partial charge in [0.15, 0.2) is 6.10 Å². The number of pyridine rings is 1. The zero-order valence-electron chi connectivity index (χ0n) is 30.4. The number of alkyl halides is 3. The van der Waals surface area contributed by atoms with Crippen LogP contribution in [0.25, 0.3) is 17.0 Å². The number of rotatable bonds is 12. The normalized spacial score (nSPS) is 20.9. The van der Waals surface area contributed by atoms with Crippen molar-refractivity contribution in [1.82, 2.24) is 20.7 Å². The molecular weight excluding hydrogens is 733 g/mol. The van der Waals surface area contributed by atoms with E-state index in [1.165, 1.54) is 19.0 Å². The van der Waals surface area contributed by atoms with E-state index in [4.69, 9.17) is 54.1 Å². The fourth-order valence-corrected chi connectivity index (χ4v) is 6.32. The van der Waals surface area contributed by atoms with Crippen LogP contribution in [0.2, 0.25) is 0 Å². The molecule has 2 aromatic rings. The van der Waals surface area contributed by atoms with Crippen LogP contribution in [0.1, 0.15) is 90.3 Å². The Labute approximate surface area is 319 Å². The van der Waals surface area contributed by atoms with E-state index < -0.39 is 63.7 Å². The molecule has 0 radical (unpaired) electrons. The van der Waals surface area contributed by atoms with Crippen molar-refractivity contribution < 1.29 is 33.5 Å². The molecule has 2 N–H and O–H groups in total. The van der Waals surface area contributed by atoms with Crippen LogP contribution < -0.4 is 10.7 Å². The second kappa shape index (κ2) is 18.1. The molecule has 2 heterocycles. The van der Waals surface area contributed by atoms with Gasteiger partial charge in [-0.1, -0.05) is 98.0 Å². The Morgan fingerprint density at radius 2 is 1.79 bits per heavy atom. The van der Waals surface area contributed by atoms with Crippen LogP contribution in [0.4, 0.5) is 0 Å². The Hall–Kier alpha value is -3.45. The van der Waals surface area contributed by atoms with E-state index in [0.29, 0.717) is 45.1 Å². The molecule has 15 heteroatoms. The summed E-state index contributed by atoms with van der Waals surface area (Å²) in [5.41, 5.74) is 5.38. The van der Waals surface area contributed by atoms with Gasteiger partial charge in [-0.25, -0.2) is 5.43 Å². The number of nitrogens with one attached hydrogen (secondary N) is 2. The van der Waals surface area contributed by atoms with E-state index in [9.17, 15) is 19.2 Å². The number of ether oxygens (including phenoxy) is 2. The smallest absolute Gasteiger partial charge is 0.325 e. The van der Waals surface area contributed by atoms with Crippen LogP contribution in [-0.4, -0.2) is 81.7 Å². The lowest BCUT2D eigenvalue weighted by atomic mass is 9.73. The monoisotopic (exact) mass is 779 g/mol. The molecule has 1 saturated heterocycles. The molecule has 12 nitrogen and oxygen atoms in total. The Balaban J connectivity index is 1.47. The molecule has 0 spiro atoms. The molecule has 4 rings (SSSR count). The lowest BCUT2D eigenvalue weighted by Gasteiger charge is -2.36. The molecule has 1 saturated carbocycles. The van der Waals surface area contributed by atoms with Crippen LogP contribution >= 0.6 is 34.8 Å². The molecular formula is C37H48Cl3N5O7. The number of carbonyl (C=O) groups excluding carboxylic acids is 4. The fourth-order valence-electron chi connectivity index (χ4n) is 6.16. The van der Waals surface area contributed by atoms with E-state index >= 15 is 0 Å². The summed E-state index contributed by atoms with van der Waals surface area (Å²) in [5, 5.41) is 9.09. The number of halogens is 3. The third-order valence-electron chi connectivity index (χ3n) is 9.21. The minimum absolute atomic E-state index is 0.282. The SMILES string of the molecule is CON=C1CCC(/C=C/c2ccc3ccc(C(C)C)nc3c2)(C(=O)O[C@H](C(=O)N[C@@H](C)C(=O)N2CCC[C@@H](C(=O)OCC(Cl)(Cl)Cl)N2)C(C)C)CC1. The van der Waals surface area contributed by atoms with Crippen molar-refractivity contribution in [3.8, 4) is 0 Å². The van der Waals surface area contributed by atoms with Gasteiger partial charge in [-0.15, -0.1) is 0 Å². The van der Waals surface area contributed by atoms with E-state index in [2.05, 4.69) is 35.8 Å². The van der Waals surface area contributed by atoms with Gasteiger partial charge in [0.05, 0.1) is 16.6 Å². The molecule has 2 amide bonds. The Bertz CT molecular complexity index is 1670. The topological polar surface area (TPSA) is 149 Å². The minimum Gasteiger partial charge on any atom is -0.460 e. The summed E-state index contributed by atoms with van der Waals surface area (Å²) >= 11 is 17.1. The first-order valence-electron chi connectivity index (χ1n) is 17.5. The predicted molar refractivity (Wildman–Crippen MR) is 202 cm³/mol. The van der Waals surface area contributed by atoms with E-state index in [-0.39, 0.29) is 5.92 Å². The van der Waals surface area contributed by atoms with Gasteiger partial charge in [-0.05, 0) is 75.0 Å². The first-order chi connectivity index (χ1) is 24.5. The van der Waals surface area contributed by atoms with Crippen molar-refractivity contribution in [2.45, 2.75) is 101 Å². The van der Waals surface area contributed by atoms with Crippen LogP contribution in [-0.2, 0) is 33.5 Å². The van der Waals surface area contributed by atoms with Crippen molar-refractivity contribution in [2.75, 3.05) is 20.3 Å². The molecule has 0 bridgehead atoms. The van der Waals surface area contributed by atoms with Crippen LogP contribution in [0.3, 0.4) is 0 Å². The molecule has 0 unspecified atom stereocenters. The third-order valence-corrected chi connectivity index (χ3v) is 9.54. The first-order valence-corrected chi connectivity index (χ1v) is 18.7. The van der Waals surface area contributed by atoms with E-state index in [0.717, 1.165) is 27.9 Å². The lowest BCUT2D eigenvalue weighted by Crippen LogP contribution is -2.60. The van der Waals surface area contributed by atoms with Crippen molar-refractivity contribution in [2.24, 2.45) is 16.5 Å². The van der Waals surface area contributed by atoms with Crippen molar-refractivity contribution in [3.63, 3.8) is 0 Å². The zero-order chi connectivity index (χ0) is 38.2. The standard InChI is InChI=1S/C37H48Cl3N5O7/c1-22(2)28-12-11-26-10-9-25(20-30(26)42-28)13-16-36(17-14-27(15-18-36)44-50-6)35(49)52-31(23(3)4)32(46)41-24(5)33(47)45-19-7-8-29(43-45)34(48)51-21-37(38,39)40/h9-13,16,20,22-24,29,31,43H,7-8,14-15,17-19,21H2,1-6H3,(H,41,46)/b16-13+,44-27?/t24-,29-,31-,36?/m0/s1. The second-order valence-corrected chi connectivity index (χ2v) is 16.5. The predicted octanol–water partition coefficient (Wildman–Crippen LogP) is 6.42. The van der Waals surface area contributed by atoms with Gasteiger partial charge in [0.2, 0.25) is 3.79 Å². The number of esters is 2. The highest BCUT2D eigenvalue weighted by atomic mass is 35.6. The van der Waals surface area contributed by atoms with Gasteiger partial charge in [0.1, 0.15) is 25.8 Å². The highest BCUT2D eigenvalue weighted by molar-refractivity contribution is 6.67. The quantitative estimate of drug-likeness (QED) is 0.142. The summed E-state index contributed by atoms with van der Waals surface area (Å²) in [4.78, 5) is 63.5. The lowest BCUT2D eigenvalue weighted by molar-refractivity contribution is -0.167. The van der Waals surface area contributed by atoms with Crippen LogP contribution in [0.5, 0.6) is 0 Å². The van der Waals surface area contributed by atoms with Crippen molar-refractivity contribution in [3.05, 3.63) is 47.7 Å². The van der Waals surface area contributed by atoms with Gasteiger partial charge >= 0.3 is 11.9 Å². The Kier molecular flexibility index (Phi) is 14.3. The fraction of sp³-hybridized carbons (Fsp3) is 0.568. The van der Waals surface area contributed by atoms with Gasteiger partial charge in [-0.2, -0.15) is 0 Å². The summed E-state index contributed by atoms with van der Waals surface area (Å²) < 4.78 is 9.32. The highest BCUT2D eigenvalue weighted by Crippen LogP contribution is 2.39. The summed E-state index contributed by atoms with van der Waals surface area (Å²) in [6.07, 6.45) is 5.32. The molecule has 1 aliphatic heterocycles. The molecule has 284 valence electrons. The number of hydrazine groups is 1. The average Bonchev–Trinajstić information content (AvgIpc) is 3.11. The van der Waals surface area contributed by atoms with Crippen molar-refractivity contribution >= 4 is 81.2 Å². The third kappa shape index (κ3) is 11.0. The number of fused-ring (bicyclic) bond motifs is 1. The molecule has 52 heavy (non-hydrogen) atoms. The van der Waals surface area contributed by atoms with Crippen LogP contribution in [0.15, 0.2) is 41.6 Å². The van der Waals surface area contributed by atoms with Gasteiger partial charge in [-0.3, -0.25) is 29.2 Å². The van der Waals surface area contributed by atoms with E-state index in [1.807, 2.05) is 36.4 Å². The molecule has 3 atom stereocenters. The summed E-state index contributed by atoms with van der Waals surface area (Å²) in [6.45, 7) is 9.11. The maximum atomic E-state index is 14.1. The van der Waals surface area contributed by atoms with Gasteiger partial charge in [0, 0.05) is 17.6 Å². The first kappa shape index (κ1) is 41.3. The molecule has 2 fully saturated rings. The Morgan fingerprint density at radius 3 is 2.42 bits per heavy atom. The zero-order valence-corrected chi connectivity index (χ0v) is 32.7. The molecule has 1 aliphatic carbocycles. The minimum atomic E-state index is -1.77. The number of nitrogens with zero attached hydrogens (tertiary/aromatic N) is 3.